The molecule has 5 rings (SSSR count). The van der Waals surface area contributed by atoms with Crippen LogP contribution in [0.3, 0.4) is 0 Å². The van der Waals surface area contributed by atoms with Crippen molar-refractivity contribution in [3.8, 4) is 5.75 Å². The summed E-state index contributed by atoms with van der Waals surface area (Å²) in [6.45, 7) is 0. The molecule has 1 amide bonds. The third kappa shape index (κ3) is 7.24. The lowest BCUT2D eigenvalue weighted by molar-refractivity contribution is -0.170. The maximum absolute atomic E-state index is 12.9. The number of benzene rings is 2. The second kappa shape index (κ2) is 12.6. The molecule has 5 N–H and O–H groups in total. The van der Waals surface area contributed by atoms with E-state index in [1.54, 1.807) is 12.4 Å². The number of hydrogen-bond donors (Lipinski definition) is 5. The van der Waals surface area contributed by atoms with Crippen molar-refractivity contribution >= 4 is 45.8 Å². The van der Waals surface area contributed by atoms with Gasteiger partial charge in [0.2, 0.25) is 0 Å². The highest BCUT2D eigenvalue weighted by atomic mass is 16.5. The first kappa shape index (κ1) is 30.5. The molecule has 0 fully saturated rings. The first-order valence-electron chi connectivity index (χ1n) is 13.0. The van der Waals surface area contributed by atoms with E-state index in [0.29, 0.717) is 5.56 Å². The summed E-state index contributed by atoms with van der Waals surface area (Å²) in [5.41, 5.74) is 1.80. The molecular weight excluding hydrogens is 558 g/mol. The van der Waals surface area contributed by atoms with Gasteiger partial charge in [0, 0.05) is 60.0 Å². The van der Waals surface area contributed by atoms with Crippen LogP contribution >= 0.6 is 0 Å². The molecule has 0 radical (unpaired) electrons. The topological polar surface area (TPSA) is 187 Å². The number of hydrogen-bond acceptors (Lipinski definition) is 8. The van der Waals surface area contributed by atoms with Crippen molar-refractivity contribution in [2.24, 2.45) is 0 Å². The molecule has 1 atom stereocenters. The molecule has 43 heavy (non-hydrogen) atoms. The Labute approximate surface area is 245 Å². The zero-order valence-electron chi connectivity index (χ0n) is 23.2. The fraction of sp³-hybridized carbons (Fsp3) is 0.194. The van der Waals surface area contributed by atoms with Crippen LogP contribution in [0.2, 0.25) is 0 Å². The Bertz CT molecular complexity index is 1670. The molecule has 2 aromatic carbocycles. The maximum Gasteiger partial charge on any atom is 0.336 e. The van der Waals surface area contributed by atoms with E-state index in [1.165, 1.54) is 0 Å². The fourth-order valence-corrected chi connectivity index (χ4v) is 4.48. The normalized spacial score (nSPS) is 14.9. The van der Waals surface area contributed by atoms with E-state index in [4.69, 9.17) is 25.2 Å². The minimum atomic E-state index is -2.74. The highest BCUT2D eigenvalue weighted by Gasteiger charge is 2.40. The van der Waals surface area contributed by atoms with Gasteiger partial charge in [-0.05, 0) is 60.0 Å². The lowest BCUT2D eigenvalue weighted by Gasteiger charge is -2.18. The number of aromatic nitrogens is 1. The molecule has 12 heteroatoms. The average molecular weight is 588 g/mol. The number of aliphatic hydroxyl groups is 1. The average Bonchev–Trinajstić information content (AvgIpc) is 3.15. The Balaban J connectivity index is 0.000000277. The Morgan fingerprint density at radius 1 is 0.977 bits per heavy atom. The van der Waals surface area contributed by atoms with E-state index in [9.17, 15) is 19.2 Å². The van der Waals surface area contributed by atoms with Gasteiger partial charge in [-0.25, -0.2) is 4.79 Å². The van der Waals surface area contributed by atoms with Crippen LogP contribution in [0.1, 0.15) is 28.8 Å². The number of carboxylic acid groups (broad SMARTS) is 3. The van der Waals surface area contributed by atoms with Crippen LogP contribution in [-0.2, 0) is 14.4 Å². The van der Waals surface area contributed by atoms with Gasteiger partial charge in [0.05, 0.1) is 12.8 Å². The zero-order valence-corrected chi connectivity index (χ0v) is 23.2. The van der Waals surface area contributed by atoms with Crippen molar-refractivity contribution in [2.75, 3.05) is 19.0 Å². The van der Waals surface area contributed by atoms with Crippen LogP contribution in [0.15, 0.2) is 84.9 Å². The van der Waals surface area contributed by atoms with Crippen molar-refractivity contribution in [1.29, 1.82) is 0 Å². The van der Waals surface area contributed by atoms with Gasteiger partial charge in [-0.1, -0.05) is 12.1 Å². The first-order valence-corrected chi connectivity index (χ1v) is 13.0. The number of carbonyl (C=O) groups excluding carboxylic acids is 1. The van der Waals surface area contributed by atoms with Gasteiger partial charge in [0.15, 0.2) is 5.60 Å². The number of allylic oxidation sites excluding steroid dienone is 3. The summed E-state index contributed by atoms with van der Waals surface area (Å²) in [7, 11) is 4.03. The van der Waals surface area contributed by atoms with Crippen molar-refractivity contribution in [1.82, 2.24) is 10.3 Å². The summed E-state index contributed by atoms with van der Waals surface area (Å²) in [6, 6.07) is 13.7. The maximum atomic E-state index is 12.9. The van der Waals surface area contributed by atoms with Crippen LogP contribution in [0.5, 0.6) is 5.75 Å². The fourth-order valence-electron chi connectivity index (χ4n) is 4.48. The van der Waals surface area contributed by atoms with Gasteiger partial charge in [-0.3, -0.25) is 19.4 Å². The summed E-state index contributed by atoms with van der Waals surface area (Å²) in [4.78, 5) is 49.6. The van der Waals surface area contributed by atoms with E-state index < -0.39 is 36.4 Å². The van der Waals surface area contributed by atoms with Crippen LogP contribution in [0, 0.1) is 0 Å². The number of nitrogens with zero attached hydrogens (tertiary/aromatic N) is 2. The molecule has 0 bridgehead atoms. The van der Waals surface area contributed by atoms with E-state index in [0.717, 1.165) is 39.0 Å². The molecule has 0 spiro atoms. The molecule has 12 nitrogen and oxygen atoms in total. The molecule has 1 unspecified atom stereocenters. The molecule has 2 heterocycles. The zero-order chi connectivity index (χ0) is 31.3. The minimum absolute atomic E-state index is 0.148. The minimum Gasteiger partial charge on any atom is -0.481 e. The highest BCUT2D eigenvalue weighted by Crippen LogP contribution is 2.41. The molecule has 2 aliphatic rings. The van der Waals surface area contributed by atoms with Gasteiger partial charge >= 0.3 is 17.9 Å². The van der Waals surface area contributed by atoms with Crippen LogP contribution in [-0.4, -0.2) is 75.0 Å². The van der Waals surface area contributed by atoms with E-state index in [2.05, 4.69) is 21.3 Å². The summed E-state index contributed by atoms with van der Waals surface area (Å²) < 4.78 is 6.09. The van der Waals surface area contributed by atoms with Gasteiger partial charge in [0.25, 0.3) is 5.91 Å². The largest absolute Gasteiger partial charge is 0.481 e. The van der Waals surface area contributed by atoms with Crippen LogP contribution in [0.4, 0.5) is 5.69 Å². The molecule has 0 saturated heterocycles. The number of rotatable bonds is 8. The molecule has 3 aromatic rings. The second-order valence-corrected chi connectivity index (χ2v) is 10.1. The van der Waals surface area contributed by atoms with Crippen molar-refractivity contribution in [2.45, 2.75) is 24.5 Å². The third-order valence-corrected chi connectivity index (χ3v) is 6.67. The summed E-state index contributed by atoms with van der Waals surface area (Å²) in [6.07, 6.45) is 8.90. The predicted molar refractivity (Wildman–Crippen MR) is 157 cm³/mol. The molecular formula is C31H29N3O9. The van der Waals surface area contributed by atoms with Crippen LogP contribution in [0.25, 0.3) is 16.3 Å². The van der Waals surface area contributed by atoms with Gasteiger partial charge in [0.1, 0.15) is 11.9 Å². The van der Waals surface area contributed by atoms with E-state index in [-0.39, 0.29) is 12.0 Å². The Morgan fingerprint density at radius 2 is 1.70 bits per heavy atom. The number of ether oxygens (including phenoxy) is 1. The molecule has 222 valence electrons. The number of aliphatic carboxylic acids is 3. The lowest BCUT2D eigenvalue weighted by atomic mass is 9.96. The SMILES string of the molecule is CN(C)c1ccc2c(c1)C1=CC(NC(=O)c3ccc4cnccc4c3)=CC=CC1O2.O=C(O)CC(O)(CC(=O)O)C(=O)O. The highest BCUT2D eigenvalue weighted by molar-refractivity contribution is 6.00. The molecule has 1 aliphatic heterocycles. The molecule has 1 aromatic heterocycles. The third-order valence-electron chi connectivity index (χ3n) is 6.67. The van der Waals surface area contributed by atoms with Gasteiger partial charge < -0.3 is 35.4 Å². The second-order valence-electron chi connectivity index (χ2n) is 10.1. The Hall–Kier alpha value is -5.49. The number of carbonyl (C=O) groups is 4. The summed E-state index contributed by atoms with van der Waals surface area (Å²) >= 11 is 0. The number of anilines is 1. The number of fused-ring (bicyclic) bond motifs is 4. The number of nitrogens with one attached hydrogen (secondary N) is 1. The first-order chi connectivity index (χ1) is 20.4. The monoisotopic (exact) mass is 587 g/mol. The van der Waals surface area contributed by atoms with Crippen molar-refractivity contribution < 1.29 is 44.3 Å². The Morgan fingerprint density at radius 3 is 2.35 bits per heavy atom. The molecule has 1 aliphatic carbocycles. The van der Waals surface area contributed by atoms with E-state index in [1.807, 2.05) is 74.8 Å². The summed E-state index contributed by atoms with van der Waals surface area (Å²) in [5, 5.41) is 38.8. The van der Waals surface area contributed by atoms with Crippen molar-refractivity contribution in [3.05, 3.63) is 96.0 Å². The van der Waals surface area contributed by atoms with Crippen LogP contribution < -0.4 is 15.0 Å². The number of carboxylic acids is 3. The number of amides is 1. The Kier molecular flexibility index (Phi) is 8.91. The van der Waals surface area contributed by atoms with E-state index >= 15 is 0 Å². The number of pyridine rings is 1. The predicted octanol–water partition coefficient (Wildman–Crippen LogP) is 3.08. The van der Waals surface area contributed by atoms with Gasteiger partial charge in [-0.2, -0.15) is 0 Å². The van der Waals surface area contributed by atoms with Crippen molar-refractivity contribution in [3.63, 3.8) is 0 Å². The molecule has 0 saturated carbocycles. The summed E-state index contributed by atoms with van der Waals surface area (Å²) in [5.74, 6) is -4.31. The van der Waals surface area contributed by atoms with Gasteiger partial charge in [-0.15, -0.1) is 0 Å². The smallest absolute Gasteiger partial charge is 0.336 e. The standard InChI is InChI=1S/C25H21N3O2.C6H8O7/c1-28(2)20-8-9-24-22(14-20)21-13-19(4-3-5-23(21)30-24)27-25(29)17-6-7-18-15-26-11-10-16(18)12-17;7-3(8)1-6(13,5(11)12)2-4(9)10/h3-15,23H,1-2H3,(H,27,29);13H,1-2H2,(H,7,8)(H,9,10)(H,11,12). The lowest BCUT2D eigenvalue weighted by Crippen LogP contribution is -2.42. The quantitative estimate of drug-likeness (QED) is 0.261.